The molecule has 1 aromatic rings. The Labute approximate surface area is 120 Å². The van der Waals surface area contributed by atoms with E-state index in [-0.39, 0.29) is 6.04 Å². The van der Waals surface area contributed by atoms with Crippen LogP contribution in [0, 0.1) is 0 Å². The first-order chi connectivity index (χ1) is 9.84. The van der Waals surface area contributed by atoms with E-state index in [2.05, 4.69) is 19.9 Å². The smallest absolute Gasteiger partial charge is 0.146 e. The fourth-order valence-electron chi connectivity index (χ4n) is 3.25. The third-order valence-corrected chi connectivity index (χ3v) is 4.40. The summed E-state index contributed by atoms with van der Waals surface area (Å²) in [6, 6.07) is 0.259. The van der Waals surface area contributed by atoms with Crippen molar-refractivity contribution in [1.82, 2.24) is 24.6 Å². The SMILES string of the molecule is Cn1ncnc1C1COCCN1CCCN1CCCC1. The van der Waals surface area contributed by atoms with Gasteiger partial charge in [-0.25, -0.2) is 4.98 Å². The molecular weight excluding hydrogens is 254 g/mol. The van der Waals surface area contributed by atoms with E-state index < -0.39 is 0 Å². The van der Waals surface area contributed by atoms with Crippen LogP contribution >= 0.6 is 0 Å². The van der Waals surface area contributed by atoms with Crippen molar-refractivity contribution in [1.29, 1.82) is 0 Å². The summed E-state index contributed by atoms with van der Waals surface area (Å²) >= 11 is 0. The second-order valence-electron chi connectivity index (χ2n) is 5.77. The van der Waals surface area contributed by atoms with Crippen molar-refractivity contribution in [3.63, 3.8) is 0 Å². The van der Waals surface area contributed by atoms with Gasteiger partial charge < -0.3 is 9.64 Å². The molecule has 1 atom stereocenters. The quantitative estimate of drug-likeness (QED) is 0.793. The summed E-state index contributed by atoms with van der Waals surface area (Å²) in [5, 5.41) is 4.18. The van der Waals surface area contributed by atoms with Gasteiger partial charge in [0.15, 0.2) is 0 Å². The highest BCUT2D eigenvalue weighted by atomic mass is 16.5. The van der Waals surface area contributed by atoms with Crippen LogP contribution in [-0.4, -0.2) is 70.5 Å². The molecule has 2 aliphatic rings. The van der Waals surface area contributed by atoms with Crippen LogP contribution < -0.4 is 0 Å². The van der Waals surface area contributed by atoms with E-state index in [4.69, 9.17) is 4.74 Å². The van der Waals surface area contributed by atoms with E-state index in [1.165, 1.54) is 38.9 Å². The first-order valence-corrected chi connectivity index (χ1v) is 7.72. The Morgan fingerprint density at radius 3 is 2.85 bits per heavy atom. The molecule has 1 aromatic heterocycles. The van der Waals surface area contributed by atoms with Gasteiger partial charge in [-0.2, -0.15) is 5.10 Å². The molecule has 0 amide bonds. The fourth-order valence-corrected chi connectivity index (χ4v) is 3.25. The fraction of sp³-hybridized carbons (Fsp3) is 0.857. The van der Waals surface area contributed by atoms with Crippen LogP contribution in [0.5, 0.6) is 0 Å². The molecule has 0 aliphatic carbocycles. The molecule has 20 heavy (non-hydrogen) atoms. The molecule has 1 unspecified atom stereocenters. The molecule has 0 aromatic carbocycles. The molecule has 3 heterocycles. The maximum Gasteiger partial charge on any atom is 0.146 e. The number of likely N-dealkylation sites (tertiary alicyclic amines) is 1. The number of aromatic nitrogens is 3. The maximum absolute atomic E-state index is 5.64. The van der Waals surface area contributed by atoms with Crippen LogP contribution in [0.15, 0.2) is 6.33 Å². The Balaban J connectivity index is 1.54. The van der Waals surface area contributed by atoms with Crippen molar-refractivity contribution in [2.45, 2.75) is 25.3 Å². The highest BCUT2D eigenvalue weighted by molar-refractivity contribution is 4.96. The number of morpholine rings is 1. The van der Waals surface area contributed by atoms with E-state index in [0.717, 1.165) is 32.1 Å². The molecule has 112 valence electrons. The molecule has 2 aliphatic heterocycles. The van der Waals surface area contributed by atoms with E-state index in [9.17, 15) is 0 Å². The van der Waals surface area contributed by atoms with E-state index in [1.54, 1.807) is 6.33 Å². The minimum absolute atomic E-state index is 0.259. The minimum atomic E-state index is 0.259. The predicted molar refractivity (Wildman–Crippen MR) is 76.4 cm³/mol. The molecule has 0 saturated carbocycles. The topological polar surface area (TPSA) is 46.4 Å². The zero-order valence-electron chi connectivity index (χ0n) is 12.4. The average molecular weight is 279 g/mol. The van der Waals surface area contributed by atoms with Crippen molar-refractivity contribution < 1.29 is 4.74 Å². The van der Waals surface area contributed by atoms with Gasteiger partial charge in [-0.05, 0) is 38.9 Å². The summed E-state index contributed by atoms with van der Waals surface area (Å²) < 4.78 is 7.51. The Bertz CT molecular complexity index is 415. The van der Waals surface area contributed by atoms with Crippen LogP contribution in [0.2, 0.25) is 0 Å². The number of hydrogen-bond acceptors (Lipinski definition) is 5. The van der Waals surface area contributed by atoms with Gasteiger partial charge in [0, 0.05) is 20.1 Å². The lowest BCUT2D eigenvalue weighted by Gasteiger charge is -2.35. The Hall–Kier alpha value is -0.980. The molecule has 0 N–H and O–H groups in total. The Morgan fingerprint density at radius 2 is 2.10 bits per heavy atom. The average Bonchev–Trinajstić information content (AvgIpc) is 3.11. The van der Waals surface area contributed by atoms with Crippen LogP contribution in [0.25, 0.3) is 0 Å². The van der Waals surface area contributed by atoms with E-state index in [1.807, 2.05) is 11.7 Å². The lowest BCUT2D eigenvalue weighted by Crippen LogP contribution is -2.42. The first kappa shape index (κ1) is 14.0. The second-order valence-corrected chi connectivity index (χ2v) is 5.77. The number of rotatable bonds is 5. The molecule has 0 radical (unpaired) electrons. The monoisotopic (exact) mass is 279 g/mol. The number of hydrogen-bond donors (Lipinski definition) is 0. The van der Waals surface area contributed by atoms with Crippen LogP contribution in [0.3, 0.4) is 0 Å². The Morgan fingerprint density at radius 1 is 1.25 bits per heavy atom. The lowest BCUT2D eigenvalue weighted by molar-refractivity contribution is -0.0141. The molecule has 2 saturated heterocycles. The largest absolute Gasteiger partial charge is 0.378 e. The molecule has 3 rings (SSSR count). The van der Waals surface area contributed by atoms with Crippen LogP contribution in [0.1, 0.15) is 31.1 Å². The van der Waals surface area contributed by atoms with Crippen molar-refractivity contribution in [2.75, 3.05) is 45.9 Å². The van der Waals surface area contributed by atoms with Gasteiger partial charge in [-0.15, -0.1) is 0 Å². The molecule has 6 heteroatoms. The summed E-state index contributed by atoms with van der Waals surface area (Å²) in [6.07, 6.45) is 5.61. The predicted octanol–water partition coefficient (Wildman–Crippen LogP) is 0.674. The van der Waals surface area contributed by atoms with Gasteiger partial charge >= 0.3 is 0 Å². The third kappa shape index (κ3) is 3.19. The molecule has 0 spiro atoms. The van der Waals surface area contributed by atoms with Crippen LogP contribution in [0.4, 0.5) is 0 Å². The van der Waals surface area contributed by atoms with Crippen molar-refractivity contribution in [3.05, 3.63) is 12.2 Å². The van der Waals surface area contributed by atoms with Gasteiger partial charge in [0.25, 0.3) is 0 Å². The lowest BCUT2D eigenvalue weighted by atomic mass is 10.2. The minimum Gasteiger partial charge on any atom is -0.378 e. The third-order valence-electron chi connectivity index (χ3n) is 4.40. The molecular formula is C14H25N5O. The summed E-state index contributed by atoms with van der Waals surface area (Å²) in [7, 11) is 1.96. The summed E-state index contributed by atoms with van der Waals surface area (Å²) in [4.78, 5) is 9.48. The van der Waals surface area contributed by atoms with Gasteiger partial charge in [-0.3, -0.25) is 9.58 Å². The van der Waals surface area contributed by atoms with Gasteiger partial charge in [0.1, 0.15) is 12.2 Å². The molecule has 2 fully saturated rings. The zero-order valence-corrected chi connectivity index (χ0v) is 12.4. The summed E-state index contributed by atoms with van der Waals surface area (Å²) in [6.45, 7) is 7.48. The standard InChI is InChI=1S/C14H25N5O/c1-17-14(15-12-16-17)13-11-20-10-9-19(13)8-4-7-18-5-2-3-6-18/h12-13H,2-11H2,1H3. The molecule has 0 bridgehead atoms. The summed E-state index contributed by atoms with van der Waals surface area (Å²) in [5.74, 6) is 1.02. The van der Waals surface area contributed by atoms with Gasteiger partial charge in [0.2, 0.25) is 0 Å². The second kappa shape index (κ2) is 6.65. The Kier molecular flexibility index (Phi) is 4.65. The highest BCUT2D eigenvalue weighted by Gasteiger charge is 2.27. The summed E-state index contributed by atoms with van der Waals surface area (Å²) in [5.41, 5.74) is 0. The maximum atomic E-state index is 5.64. The van der Waals surface area contributed by atoms with Gasteiger partial charge in [-0.1, -0.05) is 0 Å². The highest BCUT2D eigenvalue weighted by Crippen LogP contribution is 2.22. The van der Waals surface area contributed by atoms with E-state index in [0.29, 0.717) is 0 Å². The van der Waals surface area contributed by atoms with Crippen LogP contribution in [-0.2, 0) is 11.8 Å². The van der Waals surface area contributed by atoms with Gasteiger partial charge in [0.05, 0.1) is 19.3 Å². The number of ether oxygens (including phenoxy) is 1. The van der Waals surface area contributed by atoms with E-state index >= 15 is 0 Å². The first-order valence-electron chi connectivity index (χ1n) is 7.72. The zero-order chi connectivity index (χ0) is 13.8. The van der Waals surface area contributed by atoms with Crippen molar-refractivity contribution in [3.8, 4) is 0 Å². The van der Waals surface area contributed by atoms with Crippen molar-refractivity contribution >= 4 is 0 Å². The number of aryl methyl sites for hydroxylation is 1. The normalized spacial score (nSPS) is 25.4. The number of nitrogens with zero attached hydrogens (tertiary/aromatic N) is 5. The van der Waals surface area contributed by atoms with Crippen molar-refractivity contribution in [2.24, 2.45) is 7.05 Å². The molecule has 6 nitrogen and oxygen atoms in total.